The van der Waals surface area contributed by atoms with Crippen molar-refractivity contribution in [2.45, 2.75) is 24.8 Å². The number of hydrogen-bond donors (Lipinski definition) is 1. The zero-order valence-electron chi connectivity index (χ0n) is 17.9. The molecule has 0 aliphatic carbocycles. The predicted octanol–water partition coefficient (Wildman–Crippen LogP) is 4.54. The number of nitrogens with zero attached hydrogens (tertiary/aromatic N) is 1. The van der Waals surface area contributed by atoms with Gasteiger partial charge in [-0.1, -0.05) is 51.8 Å². The van der Waals surface area contributed by atoms with Crippen LogP contribution in [0.5, 0.6) is 5.75 Å². The number of sulfonamides is 1. The number of halogens is 1. The molecule has 0 bridgehead atoms. The molecule has 0 aromatic heterocycles. The van der Waals surface area contributed by atoms with E-state index in [4.69, 9.17) is 4.74 Å². The Bertz CT molecular complexity index is 1130. The van der Waals surface area contributed by atoms with E-state index in [9.17, 15) is 13.2 Å². The largest absolute Gasteiger partial charge is 0.491 e. The molecule has 1 amide bonds. The molecule has 3 aromatic carbocycles. The summed E-state index contributed by atoms with van der Waals surface area (Å²) in [5.41, 5.74) is 1.53. The molecule has 168 valence electrons. The molecule has 1 unspecified atom stereocenters. The minimum absolute atomic E-state index is 0.117. The highest BCUT2D eigenvalue weighted by atomic mass is 79.9. The second-order valence-corrected chi connectivity index (χ2v) is 10.2. The van der Waals surface area contributed by atoms with Gasteiger partial charge in [0.25, 0.3) is 10.0 Å². The van der Waals surface area contributed by atoms with E-state index in [-0.39, 0.29) is 24.1 Å². The van der Waals surface area contributed by atoms with E-state index in [1.807, 2.05) is 38.1 Å². The average molecular weight is 517 g/mol. The third kappa shape index (κ3) is 6.34. The van der Waals surface area contributed by atoms with Crippen LogP contribution in [-0.4, -0.2) is 33.5 Å². The maximum absolute atomic E-state index is 13.3. The number of carbonyl (C=O) groups is 1. The molecule has 3 rings (SSSR count). The van der Waals surface area contributed by atoms with Crippen LogP contribution in [0.25, 0.3) is 0 Å². The monoisotopic (exact) mass is 516 g/mol. The summed E-state index contributed by atoms with van der Waals surface area (Å²) in [7, 11) is -3.93. The molecule has 0 fully saturated rings. The first kappa shape index (κ1) is 23.8. The van der Waals surface area contributed by atoms with E-state index < -0.39 is 15.9 Å². The Morgan fingerprint density at radius 3 is 2.25 bits per heavy atom. The van der Waals surface area contributed by atoms with Gasteiger partial charge in [-0.3, -0.25) is 9.10 Å². The van der Waals surface area contributed by atoms with Crippen LogP contribution in [0.3, 0.4) is 0 Å². The number of nitrogens with one attached hydrogen (secondary N) is 1. The third-order valence-corrected chi connectivity index (χ3v) is 6.98. The van der Waals surface area contributed by atoms with Crippen LogP contribution >= 0.6 is 15.9 Å². The summed E-state index contributed by atoms with van der Waals surface area (Å²) in [5.74, 6) is 0.285. The fourth-order valence-corrected chi connectivity index (χ4v) is 4.70. The highest BCUT2D eigenvalue weighted by Crippen LogP contribution is 2.25. The van der Waals surface area contributed by atoms with Crippen LogP contribution in [0, 0.1) is 6.92 Å². The molecule has 0 saturated carbocycles. The number of aryl methyl sites for hydroxylation is 1. The standard InChI is InChI=1S/C24H25BrN2O4S/c1-18-8-14-22(15-9-18)31-17-19(2)26-24(28)16-27(21-12-10-20(25)11-13-21)32(29,30)23-6-4-3-5-7-23/h3-15,19H,16-17H2,1-2H3,(H,26,28). The van der Waals surface area contributed by atoms with Crippen LogP contribution in [0.4, 0.5) is 5.69 Å². The number of carbonyl (C=O) groups excluding carboxylic acids is 1. The van der Waals surface area contributed by atoms with Crippen molar-refractivity contribution in [3.05, 3.63) is 88.9 Å². The minimum Gasteiger partial charge on any atom is -0.491 e. The summed E-state index contributed by atoms with van der Waals surface area (Å²) in [6.45, 7) is 3.71. The molecule has 6 nitrogen and oxygen atoms in total. The number of ether oxygens (including phenoxy) is 1. The summed E-state index contributed by atoms with van der Waals surface area (Å²) in [6.07, 6.45) is 0. The first-order valence-corrected chi connectivity index (χ1v) is 12.3. The fraction of sp³-hybridized carbons (Fsp3) is 0.208. The normalized spacial score (nSPS) is 12.1. The molecule has 0 heterocycles. The van der Waals surface area contributed by atoms with Gasteiger partial charge >= 0.3 is 0 Å². The Balaban J connectivity index is 1.72. The van der Waals surface area contributed by atoms with Gasteiger partial charge < -0.3 is 10.1 Å². The van der Waals surface area contributed by atoms with Gasteiger partial charge in [0.15, 0.2) is 0 Å². The van der Waals surface area contributed by atoms with Gasteiger partial charge in [-0.05, 0) is 62.4 Å². The molecule has 32 heavy (non-hydrogen) atoms. The van der Waals surface area contributed by atoms with Gasteiger partial charge in [0.2, 0.25) is 5.91 Å². The Morgan fingerprint density at radius 1 is 1.00 bits per heavy atom. The van der Waals surface area contributed by atoms with Crippen LogP contribution in [0.15, 0.2) is 88.2 Å². The number of benzene rings is 3. The molecule has 3 aromatic rings. The summed E-state index contributed by atoms with van der Waals surface area (Å²) >= 11 is 3.35. The first-order chi connectivity index (χ1) is 15.3. The Labute approximate surface area is 197 Å². The van der Waals surface area contributed by atoms with Crippen molar-refractivity contribution in [1.29, 1.82) is 0 Å². The number of rotatable bonds is 9. The highest BCUT2D eigenvalue weighted by molar-refractivity contribution is 9.10. The van der Waals surface area contributed by atoms with Crippen molar-refractivity contribution in [2.24, 2.45) is 0 Å². The van der Waals surface area contributed by atoms with Crippen molar-refractivity contribution in [3.63, 3.8) is 0 Å². The Kier molecular flexibility index (Phi) is 7.93. The average Bonchev–Trinajstić information content (AvgIpc) is 2.78. The van der Waals surface area contributed by atoms with E-state index in [1.54, 1.807) is 42.5 Å². The lowest BCUT2D eigenvalue weighted by Crippen LogP contribution is -2.45. The van der Waals surface area contributed by atoms with E-state index in [1.165, 1.54) is 12.1 Å². The molecule has 1 N–H and O–H groups in total. The number of anilines is 1. The lowest BCUT2D eigenvalue weighted by molar-refractivity contribution is -0.120. The molecular weight excluding hydrogens is 492 g/mol. The van der Waals surface area contributed by atoms with Crippen LogP contribution in [0.1, 0.15) is 12.5 Å². The maximum Gasteiger partial charge on any atom is 0.264 e. The lowest BCUT2D eigenvalue weighted by Gasteiger charge is -2.25. The van der Waals surface area contributed by atoms with Crippen LogP contribution < -0.4 is 14.4 Å². The van der Waals surface area contributed by atoms with Gasteiger partial charge in [-0.25, -0.2) is 8.42 Å². The molecule has 0 aliphatic heterocycles. The first-order valence-electron chi connectivity index (χ1n) is 10.1. The van der Waals surface area contributed by atoms with Gasteiger partial charge in [-0.15, -0.1) is 0 Å². The summed E-state index contributed by atoms with van der Waals surface area (Å²) < 4.78 is 34.2. The van der Waals surface area contributed by atoms with E-state index in [0.29, 0.717) is 11.4 Å². The van der Waals surface area contributed by atoms with Crippen molar-refractivity contribution in [2.75, 3.05) is 17.5 Å². The predicted molar refractivity (Wildman–Crippen MR) is 129 cm³/mol. The zero-order valence-corrected chi connectivity index (χ0v) is 20.3. The Hall–Kier alpha value is -2.84. The summed E-state index contributed by atoms with van der Waals surface area (Å²) in [5, 5.41) is 2.82. The molecular formula is C24H25BrN2O4S. The molecule has 8 heteroatoms. The summed E-state index contributed by atoms with van der Waals surface area (Å²) in [4.78, 5) is 12.9. The second kappa shape index (κ2) is 10.7. The Morgan fingerprint density at radius 2 is 1.62 bits per heavy atom. The molecule has 1 atom stereocenters. The van der Waals surface area contributed by atoms with E-state index in [2.05, 4.69) is 21.2 Å². The van der Waals surface area contributed by atoms with Crippen LogP contribution in [-0.2, 0) is 14.8 Å². The number of amides is 1. The smallest absolute Gasteiger partial charge is 0.264 e. The van der Waals surface area contributed by atoms with Crippen molar-refractivity contribution < 1.29 is 17.9 Å². The van der Waals surface area contributed by atoms with E-state index in [0.717, 1.165) is 14.3 Å². The van der Waals surface area contributed by atoms with Crippen molar-refractivity contribution in [1.82, 2.24) is 5.32 Å². The summed E-state index contributed by atoms with van der Waals surface area (Å²) in [6, 6.07) is 22.2. The van der Waals surface area contributed by atoms with Gasteiger partial charge in [0.05, 0.1) is 16.6 Å². The lowest BCUT2D eigenvalue weighted by atomic mass is 10.2. The SMILES string of the molecule is Cc1ccc(OCC(C)NC(=O)CN(c2ccc(Br)cc2)S(=O)(=O)c2ccccc2)cc1. The molecule has 0 saturated heterocycles. The fourth-order valence-electron chi connectivity index (χ4n) is 2.99. The van der Waals surface area contributed by atoms with Crippen molar-refractivity contribution >= 4 is 37.5 Å². The second-order valence-electron chi connectivity index (χ2n) is 7.39. The molecule has 0 aliphatic rings. The zero-order chi connectivity index (χ0) is 23.1. The van der Waals surface area contributed by atoms with Gasteiger partial charge in [0, 0.05) is 4.47 Å². The number of hydrogen-bond acceptors (Lipinski definition) is 4. The highest BCUT2D eigenvalue weighted by Gasteiger charge is 2.27. The molecule has 0 radical (unpaired) electrons. The third-order valence-electron chi connectivity index (χ3n) is 4.66. The van der Waals surface area contributed by atoms with E-state index >= 15 is 0 Å². The van der Waals surface area contributed by atoms with Gasteiger partial charge in [0.1, 0.15) is 18.9 Å². The quantitative estimate of drug-likeness (QED) is 0.453. The van der Waals surface area contributed by atoms with Crippen LogP contribution in [0.2, 0.25) is 0 Å². The van der Waals surface area contributed by atoms with Gasteiger partial charge in [-0.2, -0.15) is 0 Å². The molecule has 0 spiro atoms. The maximum atomic E-state index is 13.3. The van der Waals surface area contributed by atoms with Crippen molar-refractivity contribution in [3.8, 4) is 5.75 Å². The topological polar surface area (TPSA) is 75.7 Å². The minimum atomic E-state index is -3.93.